The Morgan fingerprint density at radius 3 is 1.87 bits per heavy atom. The summed E-state index contributed by atoms with van der Waals surface area (Å²) in [4.78, 5) is 12.8. The Morgan fingerprint density at radius 1 is 0.806 bits per heavy atom. The smallest absolute Gasteiger partial charge is 0.310 e. The predicted octanol–water partition coefficient (Wildman–Crippen LogP) is 2.70. The monoisotopic (exact) mass is 430 g/mol. The van der Waals surface area contributed by atoms with Gasteiger partial charge in [0.15, 0.2) is 23.0 Å². The number of benzene rings is 2. The molecule has 166 valence electrons. The van der Waals surface area contributed by atoms with Crippen LogP contribution in [0.3, 0.4) is 0 Å². The second-order valence-corrected chi connectivity index (χ2v) is 7.54. The van der Waals surface area contributed by atoms with Crippen molar-refractivity contribution >= 4 is 5.97 Å². The highest BCUT2D eigenvalue weighted by Gasteiger charge is 2.52. The van der Waals surface area contributed by atoms with Crippen LogP contribution in [0, 0.1) is 11.8 Å². The summed E-state index contributed by atoms with van der Waals surface area (Å²) >= 11 is 0. The number of carbonyl (C=O) groups excluding carboxylic acids is 1. The van der Waals surface area contributed by atoms with Crippen molar-refractivity contribution in [2.75, 3.05) is 42.2 Å². The zero-order valence-electron chi connectivity index (χ0n) is 18.1. The van der Waals surface area contributed by atoms with E-state index in [1.807, 2.05) is 18.2 Å². The molecule has 0 radical (unpaired) electrons. The molecule has 0 spiro atoms. The second-order valence-electron chi connectivity index (χ2n) is 7.54. The molecular weight excluding hydrogens is 404 g/mol. The molecule has 2 aliphatic rings. The summed E-state index contributed by atoms with van der Waals surface area (Å²) in [6.07, 6.45) is -0.871. The first-order valence-electron chi connectivity index (χ1n) is 9.89. The summed E-state index contributed by atoms with van der Waals surface area (Å²) in [6, 6.07) is 7.23. The lowest BCUT2D eigenvalue weighted by molar-refractivity contribution is -0.141. The van der Waals surface area contributed by atoms with Crippen LogP contribution in [-0.4, -0.2) is 53.2 Å². The SMILES string of the molecule is COc1cc2c(cc1OC)C(c1cc(OC)c(OC)c(OC)c1)[C@H]1C(=O)OCC1C2O. The van der Waals surface area contributed by atoms with Gasteiger partial charge in [-0.3, -0.25) is 4.79 Å². The molecule has 31 heavy (non-hydrogen) atoms. The van der Waals surface area contributed by atoms with E-state index in [9.17, 15) is 9.90 Å². The number of aliphatic hydroxyl groups excluding tert-OH is 1. The third kappa shape index (κ3) is 3.22. The Morgan fingerprint density at radius 2 is 1.35 bits per heavy atom. The summed E-state index contributed by atoms with van der Waals surface area (Å²) in [6.45, 7) is 0.152. The van der Waals surface area contributed by atoms with E-state index in [0.29, 0.717) is 34.3 Å². The zero-order chi connectivity index (χ0) is 22.3. The highest BCUT2D eigenvalue weighted by Crippen LogP contribution is 2.55. The summed E-state index contributed by atoms with van der Waals surface area (Å²) < 4.78 is 32.8. The van der Waals surface area contributed by atoms with E-state index in [4.69, 9.17) is 28.4 Å². The van der Waals surface area contributed by atoms with Crippen molar-refractivity contribution in [1.82, 2.24) is 0 Å². The third-order valence-corrected chi connectivity index (χ3v) is 6.21. The van der Waals surface area contributed by atoms with Crippen molar-refractivity contribution < 1.29 is 38.3 Å². The normalized spacial score (nSPS) is 24.0. The molecule has 2 aromatic carbocycles. The van der Waals surface area contributed by atoms with Gasteiger partial charge in [0, 0.05) is 11.8 Å². The maximum atomic E-state index is 12.8. The highest BCUT2D eigenvalue weighted by atomic mass is 16.5. The van der Waals surface area contributed by atoms with Crippen LogP contribution in [0.2, 0.25) is 0 Å². The number of rotatable bonds is 6. The number of ether oxygens (including phenoxy) is 6. The minimum absolute atomic E-state index is 0.152. The second kappa shape index (κ2) is 8.19. The van der Waals surface area contributed by atoms with Gasteiger partial charge < -0.3 is 33.5 Å². The molecular formula is C23H26O8. The number of aliphatic hydroxyl groups is 1. The topological polar surface area (TPSA) is 92.7 Å². The molecule has 3 unspecified atom stereocenters. The van der Waals surface area contributed by atoms with Crippen LogP contribution in [0.25, 0.3) is 0 Å². The molecule has 1 aliphatic heterocycles. The first kappa shape index (κ1) is 21.1. The van der Waals surface area contributed by atoms with Gasteiger partial charge in [0.25, 0.3) is 0 Å². The molecule has 2 aromatic rings. The Kier molecular flexibility index (Phi) is 5.58. The van der Waals surface area contributed by atoms with Crippen LogP contribution >= 0.6 is 0 Å². The standard InChI is InChI=1S/C23H26O8/c1-26-15-8-12-13(9-16(15)27-2)21(24)14-10-31-23(25)20(14)19(12)11-6-17(28-3)22(30-5)18(7-11)29-4/h6-9,14,19-21,24H,10H2,1-5H3/t14?,19?,20-,21?/m0/s1. The third-order valence-electron chi connectivity index (χ3n) is 6.21. The molecule has 8 nitrogen and oxygen atoms in total. The van der Waals surface area contributed by atoms with Gasteiger partial charge in [0.1, 0.15) is 0 Å². The van der Waals surface area contributed by atoms with Crippen LogP contribution in [0.1, 0.15) is 28.7 Å². The molecule has 0 saturated carbocycles. The first-order valence-corrected chi connectivity index (χ1v) is 9.89. The van der Waals surface area contributed by atoms with Crippen LogP contribution < -0.4 is 23.7 Å². The fourth-order valence-corrected chi connectivity index (χ4v) is 4.75. The Balaban J connectivity index is 1.98. The van der Waals surface area contributed by atoms with E-state index in [-0.39, 0.29) is 18.5 Å². The molecule has 0 aromatic heterocycles. The number of methoxy groups -OCH3 is 5. The lowest BCUT2D eigenvalue weighted by atomic mass is 9.66. The quantitative estimate of drug-likeness (QED) is 0.700. The number of hydrogen-bond acceptors (Lipinski definition) is 8. The molecule has 4 rings (SSSR count). The van der Waals surface area contributed by atoms with Crippen molar-refractivity contribution in [1.29, 1.82) is 0 Å². The van der Waals surface area contributed by atoms with Crippen molar-refractivity contribution in [2.24, 2.45) is 11.8 Å². The van der Waals surface area contributed by atoms with E-state index in [2.05, 4.69) is 0 Å². The van der Waals surface area contributed by atoms with Crippen LogP contribution in [-0.2, 0) is 9.53 Å². The maximum Gasteiger partial charge on any atom is 0.310 e. The van der Waals surface area contributed by atoms with Gasteiger partial charge in [-0.05, 0) is 41.0 Å². The molecule has 1 fully saturated rings. The number of cyclic esters (lactones) is 1. The number of carbonyl (C=O) groups is 1. The lowest BCUT2D eigenvalue weighted by Gasteiger charge is -2.37. The molecule has 1 heterocycles. The number of hydrogen-bond donors (Lipinski definition) is 1. The molecule has 1 aliphatic carbocycles. The molecule has 4 atom stereocenters. The Hall–Kier alpha value is -3.13. The largest absolute Gasteiger partial charge is 0.493 e. The van der Waals surface area contributed by atoms with Gasteiger partial charge in [-0.1, -0.05) is 0 Å². The van der Waals surface area contributed by atoms with E-state index in [0.717, 1.165) is 11.1 Å². The zero-order valence-corrected chi connectivity index (χ0v) is 18.1. The molecule has 1 N–H and O–H groups in total. The van der Waals surface area contributed by atoms with Crippen molar-refractivity contribution in [3.05, 3.63) is 41.0 Å². The molecule has 0 bridgehead atoms. The fraction of sp³-hybridized carbons (Fsp3) is 0.435. The minimum atomic E-state index is -0.871. The van der Waals surface area contributed by atoms with Gasteiger partial charge in [-0.25, -0.2) is 0 Å². The average Bonchev–Trinajstić information content (AvgIpc) is 3.19. The summed E-state index contributed by atoms with van der Waals surface area (Å²) in [5, 5.41) is 11.1. The van der Waals surface area contributed by atoms with Crippen LogP contribution in [0.15, 0.2) is 24.3 Å². The highest BCUT2D eigenvalue weighted by molar-refractivity contribution is 5.79. The maximum absolute atomic E-state index is 12.8. The van der Waals surface area contributed by atoms with Gasteiger partial charge in [0.05, 0.1) is 54.2 Å². The molecule has 1 saturated heterocycles. The predicted molar refractivity (Wildman–Crippen MR) is 110 cm³/mol. The van der Waals surface area contributed by atoms with Crippen molar-refractivity contribution in [3.8, 4) is 28.7 Å². The van der Waals surface area contributed by atoms with Crippen molar-refractivity contribution in [3.63, 3.8) is 0 Å². The number of esters is 1. The fourth-order valence-electron chi connectivity index (χ4n) is 4.75. The van der Waals surface area contributed by atoms with E-state index < -0.39 is 17.9 Å². The van der Waals surface area contributed by atoms with Gasteiger partial charge >= 0.3 is 5.97 Å². The van der Waals surface area contributed by atoms with Gasteiger partial charge in [0.2, 0.25) is 5.75 Å². The molecule has 8 heteroatoms. The molecule has 0 amide bonds. The summed E-state index contributed by atoms with van der Waals surface area (Å²) in [5.41, 5.74) is 2.22. The number of fused-ring (bicyclic) bond motifs is 2. The van der Waals surface area contributed by atoms with Gasteiger partial charge in [-0.15, -0.1) is 0 Å². The van der Waals surface area contributed by atoms with E-state index in [1.165, 1.54) is 7.11 Å². The Labute approximate surface area is 180 Å². The average molecular weight is 430 g/mol. The lowest BCUT2D eigenvalue weighted by Crippen LogP contribution is -2.34. The minimum Gasteiger partial charge on any atom is -0.493 e. The van der Waals surface area contributed by atoms with Gasteiger partial charge in [-0.2, -0.15) is 0 Å². The Bertz CT molecular complexity index is 976. The van der Waals surface area contributed by atoms with Crippen molar-refractivity contribution in [2.45, 2.75) is 12.0 Å². The van der Waals surface area contributed by atoms with E-state index >= 15 is 0 Å². The van der Waals surface area contributed by atoms with Crippen LogP contribution in [0.5, 0.6) is 28.7 Å². The van der Waals surface area contributed by atoms with Crippen LogP contribution in [0.4, 0.5) is 0 Å². The van der Waals surface area contributed by atoms with E-state index in [1.54, 1.807) is 34.5 Å². The summed E-state index contributed by atoms with van der Waals surface area (Å²) in [7, 11) is 7.71. The first-order chi connectivity index (χ1) is 15.0. The summed E-state index contributed by atoms with van der Waals surface area (Å²) in [5.74, 6) is 0.729.